The monoisotopic (exact) mass is 393 g/mol. The maximum Gasteiger partial charge on any atom is 0.177 e. The van der Waals surface area contributed by atoms with Crippen LogP contribution in [0.1, 0.15) is 11.3 Å². The molecular formula is C17H19N3O4S2. The summed E-state index contributed by atoms with van der Waals surface area (Å²) in [5.74, 6) is 0. The van der Waals surface area contributed by atoms with Crippen molar-refractivity contribution in [3.63, 3.8) is 0 Å². The van der Waals surface area contributed by atoms with Crippen molar-refractivity contribution < 1.29 is 16.8 Å². The molecule has 0 aliphatic carbocycles. The molecule has 3 rings (SSSR count). The molecule has 0 unspecified atom stereocenters. The van der Waals surface area contributed by atoms with Crippen LogP contribution in [0, 0.1) is 6.92 Å². The van der Waals surface area contributed by atoms with Crippen LogP contribution < -0.4 is 5.32 Å². The molecule has 0 saturated carbocycles. The second-order valence-corrected chi connectivity index (χ2v) is 10.2. The number of anilines is 1. The molecule has 0 spiro atoms. The van der Waals surface area contributed by atoms with Gasteiger partial charge in [0.1, 0.15) is 5.65 Å². The average Bonchev–Trinajstić information content (AvgIpc) is 2.95. The van der Waals surface area contributed by atoms with E-state index in [4.69, 9.17) is 0 Å². The number of hydrogen-bond acceptors (Lipinski definition) is 6. The molecule has 26 heavy (non-hydrogen) atoms. The van der Waals surface area contributed by atoms with Gasteiger partial charge in [0.15, 0.2) is 19.7 Å². The molecule has 2 heterocycles. The van der Waals surface area contributed by atoms with Crippen molar-refractivity contribution in [2.45, 2.75) is 23.3 Å². The minimum Gasteiger partial charge on any atom is -0.378 e. The van der Waals surface area contributed by atoms with Crippen LogP contribution in [0.3, 0.4) is 0 Å². The van der Waals surface area contributed by atoms with Gasteiger partial charge in [-0.3, -0.25) is 0 Å². The molecule has 3 aromatic rings. The summed E-state index contributed by atoms with van der Waals surface area (Å²) in [6.07, 6.45) is 5.84. The Morgan fingerprint density at radius 2 is 1.81 bits per heavy atom. The first-order valence-corrected chi connectivity index (χ1v) is 11.6. The standard InChI is InChI=1S/C17H19N3O4S2/c1-12-5-4-8-20-11-13(19-17(12)20)10-18-15-7-6-14(25(2,21)22)9-16(15)26(3,23)24/h4-9,11,18H,10H2,1-3H3. The molecule has 2 aromatic heterocycles. The van der Waals surface area contributed by atoms with Crippen LogP contribution in [-0.2, 0) is 26.2 Å². The van der Waals surface area contributed by atoms with E-state index in [1.165, 1.54) is 18.2 Å². The number of rotatable bonds is 5. The number of imidazole rings is 1. The van der Waals surface area contributed by atoms with Gasteiger partial charge in [-0.2, -0.15) is 0 Å². The summed E-state index contributed by atoms with van der Waals surface area (Å²) in [5.41, 5.74) is 2.95. The van der Waals surface area contributed by atoms with Gasteiger partial charge in [0.25, 0.3) is 0 Å². The summed E-state index contributed by atoms with van der Waals surface area (Å²) < 4.78 is 49.5. The van der Waals surface area contributed by atoms with E-state index >= 15 is 0 Å². The minimum atomic E-state index is -3.60. The van der Waals surface area contributed by atoms with Gasteiger partial charge >= 0.3 is 0 Å². The number of fused-ring (bicyclic) bond motifs is 1. The maximum absolute atomic E-state index is 12.1. The number of aromatic nitrogens is 2. The fourth-order valence-corrected chi connectivity index (χ4v) is 4.26. The predicted octanol–water partition coefficient (Wildman–Crippen LogP) is 2.06. The Hall–Kier alpha value is -2.39. The molecule has 9 heteroatoms. The zero-order valence-corrected chi connectivity index (χ0v) is 16.2. The van der Waals surface area contributed by atoms with Crippen LogP contribution in [0.5, 0.6) is 0 Å². The third-order valence-corrected chi connectivity index (χ3v) is 6.22. The van der Waals surface area contributed by atoms with E-state index < -0.39 is 19.7 Å². The Kier molecular flexibility index (Phi) is 4.53. The van der Waals surface area contributed by atoms with Crippen molar-refractivity contribution in [3.05, 3.63) is 54.0 Å². The molecule has 0 radical (unpaired) electrons. The lowest BCUT2D eigenvalue weighted by Crippen LogP contribution is -2.08. The van der Waals surface area contributed by atoms with Crippen LogP contribution in [0.25, 0.3) is 5.65 Å². The number of nitrogens with one attached hydrogen (secondary N) is 1. The van der Waals surface area contributed by atoms with E-state index in [1.807, 2.05) is 35.9 Å². The Morgan fingerprint density at radius 1 is 1.08 bits per heavy atom. The van der Waals surface area contributed by atoms with Crippen LogP contribution in [0.2, 0.25) is 0 Å². The van der Waals surface area contributed by atoms with Crippen molar-refractivity contribution in [1.82, 2.24) is 9.38 Å². The molecule has 1 N–H and O–H groups in total. The number of sulfone groups is 2. The van der Waals surface area contributed by atoms with Crippen molar-refractivity contribution in [2.75, 3.05) is 17.8 Å². The van der Waals surface area contributed by atoms with E-state index in [0.29, 0.717) is 12.2 Å². The summed E-state index contributed by atoms with van der Waals surface area (Å²) in [5, 5.41) is 3.05. The Morgan fingerprint density at radius 3 is 2.42 bits per heavy atom. The van der Waals surface area contributed by atoms with Crippen molar-refractivity contribution in [2.24, 2.45) is 0 Å². The highest BCUT2D eigenvalue weighted by Crippen LogP contribution is 2.25. The molecule has 0 amide bonds. The van der Waals surface area contributed by atoms with E-state index in [0.717, 1.165) is 29.4 Å². The van der Waals surface area contributed by atoms with Gasteiger partial charge < -0.3 is 9.72 Å². The summed E-state index contributed by atoms with van der Waals surface area (Å²) in [6.45, 7) is 2.27. The van der Waals surface area contributed by atoms with E-state index in [1.54, 1.807) is 0 Å². The number of benzene rings is 1. The van der Waals surface area contributed by atoms with Crippen LogP contribution in [-0.4, -0.2) is 38.7 Å². The summed E-state index contributed by atoms with van der Waals surface area (Å²) in [4.78, 5) is 4.44. The van der Waals surface area contributed by atoms with Crippen LogP contribution >= 0.6 is 0 Å². The maximum atomic E-state index is 12.1. The molecule has 0 atom stereocenters. The third-order valence-electron chi connectivity index (χ3n) is 3.97. The summed E-state index contributed by atoms with van der Waals surface area (Å²) in [7, 11) is -7.10. The highest BCUT2D eigenvalue weighted by molar-refractivity contribution is 7.91. The zero-order chi connectivity index (χ0) is 19.1. The van der Waals surface area contributed by atoms with E-state index in [9.17, 15) is 16.8 Å². The van der Waals surface area contributed by atoms with Gasteiger partial charge in [-0.25, -0.2) is 21.8 Å². The minimum absolute atomic E-state index is 0.0353. The Labute approximate surface area is 152 Å². The molecule has 138 valence electrons. The highest BCUT2D eigenvalue weighted by Gasteiger charge is 2.18. The van der Waals surface area contributed by atoms with Gasteiger partial charge in [-0.05, 0) is 36.8 Å². The lowest BCUT2D eigenvalue weighted by atomic mass is 10.3. The van der Waals surface area contributed by atoms with E-state index in [-0.39, 0.29) is 9.79 Å². The van der Waals surface area contributed by atoms with Gasteiger partial charge in [0.05, 0.1) is 27.7 Å². The van der Waals surface area contributed by atoms with Crippen LogP contribution in [0.4, 0.5) is 5.69 Å². The zero-order valence-electron chi connectivity index (χ0n) is 14.6. The van der Waals surface area contributed by atoms with Crippen molar-refractivity contribution in [3.8, 4) is 0 Å². The molecule has 0 bridgehead atoms. The van der Waals surface area contributed by atoms with Crippen LogP contribution in [0.15, 0.2) is 52.5 Å². The summed E-state index contributed by atoms with van der Waals surface area (Å²) >= 11 is 0. The number of hydrogen-bond donors (Lipinski definition) is 1. The first kappa shape index (κ1) is 18.4. The van der Waals surface area contributed by atoms with Crippen molar-refractivity contribution in [1.29, 1.82) is 0 Å². The first-order valence-electron chi connectivity index (χ1n) is 7.77. The Bertz CT molecular complexity index is 1200. The van der Waals surface area contributed by atoms with Crippen molar-refractivity contribution >= 4 is 31.0 Å². The highest BCUT2D eigenvalue weighted by atomic mass is 32.2. The average molecular weight is 393 g/mol. The fourth-order valence-electron chi connectivity index (χ4n) is 2.66. The molecular weight excluding hydrogens is 374 g/mol. The molecule has 0 fully saturated rings. The lowest BCUT2D eigenvalue weighted by Gasteiger charge is -2.11. The fraction of sp³-hybridized carbons (Fsp3) is 0.235. The molecule has 0 aliphatic rings. The van der Waals surface area contributed by atoms with Gasteiger partial charge in [-0.1, -0.05) is 6.07 Å². The van der Waals surface area contributed by atoms with Gasteiger partial charge in [-0.15, -0.1) is 0 Å². The number of aryl methyl sites for hydroxylation is 1. The largest absolute Gasteiger partial charge is 0.378 e. The number of pyridine rings is 1. The molecule has 7 nitrogen and oxygen atoms in total. The Balaban J connectivity index is 1.95. The second kappa shape index (κ2) is 6.40. The predicted molar refractivity (Wildman–Crippen MR) is 99.9 cm³/mol. The topological polar surface area (TPSA) is 97.6 Å². The summed E-state index contributed by atoms with van der Waals surface area (Å²) in [6, 6.07) is 7.92. The SMILES string of the molecule is Cc1cccn2cc(CNc3ccc(S(C)(=O)=O)cc3S(C)(=O)=O)nc12. The van der Waals surface area contributed by atoms with Gasteiger partial charge in [0.2, 0.25) is 0 Å². The molecule has 0 aliphatic heterocycles. The number of nitrogens with zero attached hydrogens (tertiary/aromatic N) is 2. The van der Waals surface area contributed by atoms with E-state index in [2.05, 4.69) is 10.3 Å². The smallest absolute Gasteiger partial charge is 0.177 e. The molecule has 0 saturated heterocycles. The normalized spacial score (nSPS) is 12.4. The first-order chi connectivity index (χ1) is 12.1. The molecule has 1 aromatic carbocycles. The van der Waals surface area contributed by atoms with Gasteiger partial charge in [0, 0.05) is 24.9 Å². The lowest BCUT2D eigenvalue weighted by molar-refractivity contribution is 0.600. The second-order valence-electron chi connectivity index (χ2n) is 6.21. The third kappa shape index (κ3) is 3.73. The quantitative estimate of drug-likeness (QED) is 0.713.